The summed E-state index contributed by atoms with van der Waals surface area (Å²) in [6.45, 7) is 0.664. The molecule has 0 amide bonds. The van der Waals surface area contributed by atoms with Crippen LogP contribution in [0.25, 0.3) is 0 Å². The minimum atomic E-state index is -2.35. The van der Waals surface area contributed by atoms with Gasteiger partial charge in [0.05, 0.1) is 6.54 Å². The lowest BCUT2D eigenvalue weighted by molar-refractivity contribution is 0.122. The summed E-state index contributed by atoms with van der Waals surface area (Å²) in [6, 6.07) is 0.933. The lowest BCUT2D eigenvalue weighted by Crippen LogP contribution is -2.42. The molecule has 0 fully saturated rings. The van der Waals surface area contributed by atoms with E-state index in [2.05, 4.69) is 4.99 Å². The van der Waals surface area contributed by atoms with Crippen LogP contribution in [0.3, 0.4) is 0 Å². The lowest BCUT2D eigenvalue weighted by Gasteiger charge is -2.24. The molecule has 5 nitrogen and oxygen atoms in total. The lowest BCUT2D eigenvalue weighted by atomic mass is 10.0. The van der Waals surface area contributed by atoms with Crippen molar-refractivity contribution in [1.82, 2.24) is 0 Å². The van der Waals surface area contributed by atoms with Gasteiger partial charge in [0, 0.05) is 27.4 Å². The van der Waals surface area contributed by atoms with Crippen LogP contribution in [-0.2, 0) is 18.1 Å². The smallest absolute Gasteiger partial charge is 0.377 e. The minimum Gasteiger partial charge on any atom is -0.377 e. The zero-order valence-electron chi connectivity index (χ0n) is 27.3. The molecule has 0 unspecified atom stereocenters. The van der Waals surface area contributed by atoms with Crippen molar-refractivity contribution in [1.29, 1.82) is 0 Å². The summed E-state index contributed by atoms with van der Waals surface area (Å²) in [7, 11) is 2.77. The zero-order valence-corrected chi connectivity index (χ0v) is 28.3. The van der Waals surface area contributed by atoms with Gasteiger partial charge >= 0.3 is 8.80 Å². The van der Waals surface area contributed by atoms with Crippen molar-refractivity contribution in [2.24, 2.45) is 4.99 Å². The fraction of sp³-hybridized carbons (Fsp3) is 0.971. The number of rotatable bonds is 34. The Balaban J connectivity index is 3.13. The van der Waals surface area contributed by atoms with Crippen LogP contribution in [0, 0.1) is 0 Å². The van der Waals surface area contributed by atoms with Crippen LogP contribution in [0.4, 0.5) is 0 Å². The zero-order chi connectivity index (χ0) is 29.2. The van der Waals surface area contributed by atoms with Gasteiger partial charge in [0.1, 0.15) is 0 Å². The van der Waals surface area contributed by atoms with E-state index in [9.17, 15) is 4.79 Å². The van der Waals surface area contributed by atoms with Crippen LogP contribution in [0.5, 0.6) is 0 Å². The van der Waals surface area contributed by atoms with E-state index < -0.39 is 8.80 Å². The van der Waals surface area contributed by atoms with E-state index in [0.717, 1.165) is 18.9 Å². The number of hydrogen-bond donors (Lipinski definition) is 0. The standard InChI is InChI=1S/C34H69NO4Si/c1-37-40(38-2,39-3)33-31-29-27-25-23-21-19-17-15-13-11-9-7-5-4-6-8-10-12-14-16-18-20-22-24-26-28-30-32-35-34-36/h4-33H2,1-3H3. The van der Waals surface area contributed by atoms with Crippen LogP contribution >= 0.6 is 0 Å². The molecular weight excluding hydrogens is 514 g/mol. The summed E-state index contributed by atoms with van der Waals surface area (Å²) in [5, 5.41) is 0. The number of aliphatic imine (C=N–C) groups is 1. The van der Waals surface area contributed by atoms with Gasteiger partial charge in [-0.15, -0.1) is 0 Å². The van der Waals surface area contributed by atoms with Gasteiger partial charge in [-0.25, -0.2) is 9.79 Å². The van der Waals surface area contributed by atoms with Crippen molar-refractivity contribution in [3.63, 3.8) is 0 Å². The number of hydrogen-bond acceptors (Lipinski definition) is 5. The summed E-state index contributed by atoms with van der Waals surface area (Å²) in [4.78, 5) is 13.6. The van der Waals surface area contributed by atoms with Crippen molar-refractivity contribution in [2.45, 2.75) is 186 Å². The van der Waals surface area contributed by atoms with Crippen LogP contribution in [0.1, 0.15) is 180 Å². The van der Waals surface area contributed by atoms with Gasteiger partial charge in [-0.3, -0.25) is 0 Å². The van der Waals surface area contributed by atoms with Gasteiger partial charge in [-0.1, -0.05) is 167 Å². The molecule has 0 heterocycles. The molecule has 0 aliphatic carbocycles. The molecule has 0 saturated carbocycles. The van der Waals surface area contributed by atoms with Crippen LogP contribution in [0.15, 0.2) is 4.99 Å². The number of isocyanates is 1. The van der Waals surface area contributed by atoms with Crippen molar-refractivity contribution in [2.75, 3.05) is 27.9 Å². The molecule has 40 heavy (non-hydrogen) atoms. The Hall–Kier alpha value is -0.523. The first-order valence-corrected chi connectivity index (χ1v) is 19.4. The maximum absolute atomic E-state index is 9.99. The van der Waals surface area contributed by atoms with Gasteiger partial charge in [0.15, 0.2) is 0 Å². The fourth-order valence-electron chi connectivity index (χ4n) is 5.73. The quantitative estimate of drug-likeness (QED) is 0.0327. The van der Waals surface area contributed by atoms with Crippen molar-refractivity contribution < 1.29 is 18.1 Å². The molecule has 0 spiro atoms. The maximum Gasteiger partial charge on any atom is 0.500 e. The molecule has 0 bridgehead atoms. The highest BCUT2D eigenvalue weighted by molar-refractivity contribution is 6.60. The van der Waals surface area contributed by atoms with Crippen LogP contribution < -0.4 is 0 Å². The molecule has 6 heteroatoms. The summed E-state index contributed by atoms with van der Waals surface area (Å²) in [6.07, 6.45) is 40.3. The third kappa shape index (κ3) is 27.6. The number of nitrogens with zero attached hydrogens (tertiary/aromatic N) is 1. The molecule has 0 rings (SSSR count). The van der Waals surface area contributed by atoms with E-state index in [1.165, 1.54) is 167 Å². The third-order valence-corrected chi connectivity index (χ3v) is 11.3. The molecule has 238 valence electrons. The van der Waals surface area contributed by atoms with Gasteiger partial charge in [0.2, 0.25) is 6.08 Å². The van der Waals surface area contributed by atoms with E-state index in [0.29, 0.717) is 6.54 Å². The molecule has 0 aliphatic heterocycles. The average Bonchev–Trinajstić information content (AvgIpc) is 2.98. The molecule has 0 aliphatic rings. The highest BCUT2D eigenvalue weighted by Gasteiger charge is 2.36. The minimum absolute atomic E-state index is 0.664. The van der Waals surface area contributed by atoms with Gasteiger partial charge in [0.25, 0.3) is 0 Å². The topological polar surface area (TPSA) is 57.1 Å². The second-order valence-corrected chi connectivity index (χ2v) is 15.0. The highest BCUT2D eigenvalue weighted by Crippen LogP contribution is 2.19. The molecule has 0 N–H and O–H groups in total. The Kier molecular flexibility index (Phi) is 32.6. The SMILES string of the molecule is CO[Si](CCCCCCCCCCCCCCCCCCCCCCCCCCCCCCN=C=O)(OC)OC. The first kappa shape index (κ1) is 39.5. The van der Waals surface area contributed by atoms with E-state index in [1.54, 1.807) is 27.4 Å². The van der Waals surface area contributed by atoms with Crippen molar-refractivity contribution >= 4 is 14.9 Å². The normalized spacial score (nSPS) is 11.7. The molecule has 0 atom stereocenters. The predicted molar refractivity (Wildman–Crippen MR) is 174 cm³/mol. The number of carbonyl (C=O) groups excluding carboxylic acids is 1. The van der Waals surface area contributed by atoms with E-state index >= 15 is 0 Å². The van der Waals surface area contributed by atoms with E-state index in [1.807, 2.05) is 0 Å². The third-order valence-electron chi connectivity index (χ3n) is 8.50. The largest absolute Gasteiger partial charge is 0.500 e. The van der Waals surface area contributed by atoms with Crippen molar-refractivity contribution in [3.8, 4) is 0 Å². The van der Waals surface area contributed by atoms with Gasteiger partial charge in [-0.05, 0) is 12.8 Å². The first-order chi connectivity index (χ1) is 19.7. The fourth-order valence-corrected chi connectivity index (χ4v) is 7.53. The highest BCUT2D eigenvalue weighted by atomic mass is 28.4. The Morgan fingerprint density at radius 2 is 0.625 bits per heavy atom. The molecule has 0 aromatic rings. The summed E-state index contributed by atoms with van der Waals surface area (Å²) in [5.41, 5.74) is 0. The Labute approximate surface area is 251 Å². The Morgan fingerprint density at radius 1 is 0.400 bits per heavy atom. The maximum atomic E-state index is 9.99. The molecule has 0 aromatic heterocycles. The second-order valence-electron chi connectivity index (χ2n) is 11.9. The van der Waals surface area contributed by atoms with Crippen LogP contribution in [-0.4, -0.2) is 42.8 Å². The molecule has 0 aromatic carbocycles. The summed E-state index contributed by atoms with van der Waals surface area (Å²) in [5.74, 6) is 0. The number of unbranched alkanes of at least 4 members (excludes halogenated alkanes) is 27. The summed E-state index contributed by atoms with van der Waals surface area (Å²) < 4.78 is 16.5. The molecular formula is C34H69NO4Si. The predicted octanol–water partition coefficient (Wildman–Crippen LogP) is 11.1. The van der Waals surface area contributed by atoms with E-state index in [4.69, 9.17) is 13.3 Å². The van der Waals surface area contributed by atoms with E-state index in [-0.39, 0.29) is 0 Å². The van der Waals surface area contributed by atoms with Crippen molar-refractivity contribution in [3.05, 3.63) is 0 Å². The second kappa shape index (κ2) is 33.0. The Bertz CT molecular complexity index is 530. The molecule has 0 saturated heterocycles. The monoisotopic (exact) mass is 583 g/mol. The summed E-state index contributed by atoms with van der Waals surface area (Å²) >= 11 is 0. The average molecular weight is 584 g/mol. The van der Waals surface area contributed by atoms with Gasteiger partial charge in [-0.2, -0.15) is 0 Å². The van der Waals surface area contributed by atoms with Crippen LogP contribution in [0.2, 0.25) is 6.04 Å². The first-order valence-electron chi connectivity index (χ1n) is 17.4. The Morgan fingerprint density at radius 3 is 0.850 bits per heavy atom. The molecule has 0 radical (unpaired) electrons. The van der Waals surface area contributed by atoms with Gasteiger partial charge < -0.3 is 13.3 Å².